The van der Waals surface area contributed by atoms with Gasteiger partial charge in [-0.2, -0.15) is 0 Å². The molecule has 1 aliphatic rings. The van der Waals surface area contributed by atoms with Gasteiger partial charge in [0.05, 0.1) is 24.9 Å². The summed E-state index contributed by atoms with van der Waals surface area (Å²) in [6.07, 6.45) is 1.84. The molecule has 0 saturated carbocycles. The first-order valence-corrected chi connectivity index (χ1v) is 7.57. The van der Waals surface area contributed by atoms with Gasteiger partial charge >= 0.3 is 0 Å². The van der Waals surface area contributed by atoms with Gasteiger partial charge in [-0.1, -0.05) is 20.8 Å². The molecule has 0 radical (unpaired) electrons. The molecule has 0 amide bonds. The average Bonchev–Trinajstić information content (AvgIpc) is 2.83. The van der Waals surface area contributed by atoms with Crippen molar-refractivity contribution in [1.29, 1.82) is 0 Å². The lowest BCUT2D eigenvalue weighted by atomic mass is 9.77. The van der Waals surface area contributed by atoms with E-state index >= 15 is 0 Å². The highest BCUT2D eigenvalue weighted by Gasteiger charge is 2.47. The average molecular weight is 301 g/mol. The lowest BCUT2D eigenvalue weighted by molar-refractivity contribution is -0.0823. The molecular weight excluding hydrogens is 278 g/mol. The first kappa shape index (κ1) is 15.1. The molecule has 0 saturated heterocycles. The van der Waals surface area contributed by atoms with Gasteiger partial charge in [0, 0.05) is 17.4 Å². The number of benzene rings is 1. The highest BCUT2D eigenvalue weighted by molar-refractivity contribution is 5.86. The molecule has 0 bridgehead atoms. The predicted octanol–water partition coefficient (Wildman–Crippen LogP) is 3.34. The molecule has 0 unspecified atom stereocenters. The Balaban J connectivity index is 2.08. The van der Waals surface area contributed by atoms with Crippen LogP contribution in [0.25, 0.3) is 10.9 Å². The van der Waals surface area contributed by atoms with Crippen molar-refractivity contribution in [2.24, 2.45) is 5.41 Å². The molecule has 1 aromatic heterocycles. The summed E-state index contributed by atoms with van der Waals surface area (Å²) >= 11 is 0. The van der Waals surface area contributed by atoms with Gasteiger partial charge in [0.15, 0.2) is 0 Å². The van der Waals surface area contributed by atoms with Crippen LogP contribution in [-0.4, -0.2) is 28.9 Å². The van der Waals surface area contributed by atoms with Crippen LogP contribution >= 0.6 is 0 Å². The third-order valence-electron chi connectivity index (χ3n) is 4.42. The normalized spacial score (nSPS) is 22.3. The number of hydrogen-bond acceptors (Lipinski definition) is 4. The second-order valence-electron chi connectivity index (χ2n) is 7.34. The maximum Gasteiger partial charge on any atom is 0.142 e. The van der Waals surface area contributed by atoms with Crippen molar-refractivity contribution in [1.82, 2.24) is 4.98 Å². The van der Waals surface area contributed by atoms with Gasteiger partial charge in [0.1, 0.15) is 17.1 Å². The Labute approximate surface area is 131 Å². The highest BCUT2D eigenvalue weighted by atomic mass is 16.5. The Morgan fingerprint density at radius 3 is 2.73 bits per heavy atom. The number of nitrogens with zero attached hydrogens (tertiary/aromatic N) is 1. The van der Waals surface area contributed by atoms with Crippen molar-refractivity contribution in [3.05, 3.63) is 30.0 Å². The number of pyridine rings is 1. The zero-order chi connectivity index (χ0) is 16.1. The van der Waals surface area contributed by atoms with Crippen molar-refractivity contribution in [3.8, 4) is 11.5 Å². The number of rotatable bonds is 2. The molecule has 2 aromatic rings. The van der Waals surface area contributed by atoms with E-state index in [0.29, 0.717) is 6.42 Å². The lowest BCUT2D eigenvalue weighted by Gasteiger charge is -2.38. The van der Waals surface area contributed by atoms with Gasteiger partial charge in [-0.05, 0) is 30.5 Å². The van der Waals surface area contributed by atoms with E-state index in [4.69, 9.17) is 9.47 Å². The second kappa shape index (κ2) is 4.85. The molecule has 118 valence electrons. The number of aromatic nitrogens is 1. The fourth-order valence-corrected chi connectivity index (χ4v) is 3.31. The number of fused-ring (bicyclic) bond motifs is 3. The van der Waals surface area contributed by atoms with E-state index in [0.717, 1.165) is 28.0 Å². The van der Waals surface area contributed by atoms with Crippen LogP contribution in [0, 0.1) is 5.41 Å². The zero-order valence-electron chi connectivity index (χ0n) is 13.8. The Hall–Kier alpha value is -1.81. The Bertz CT molecular complexity index is 720. The molecule has 0 aliphatic carbocycles. The van der Waals surface area contributed by atoms with Gasteiger partial charge in [0.25, 0.3) is 0 Å². The molecule has 1 aliphatic heterocycles. The van der Waals surface area contributed by atoms with Crippen molar-refractivity contribution < 1.29 is 14.6 Å². The van der Waals surface area contributed by atoms with E-state index in [1.165, 1.54) is 0 Å². The van der Waals surface area contributed by atoms with Gasteiger partial charge in [-0.15, -0.1) is 0 Å². The molecule has 4 heteroatoms. The van der Waals surface area contributed by atoms with Crippen molar-refractivity contribution in [3.63, 3.8) is 0 Å². The summed E-state index contributed by atoms with van der Waals surface area (Å²) in [5.41, 5.74) is 1.12. The first-order valence-electron chi connectivity index (χ1n) is 7.57. The van der Waals surface area contributed by atoms with Gasteiger partial charge in [0.2, 0.25) is 0 Å². The zero-order valence-corrected chi connectivity index (χ0v) is 13.8. The topological polar surface area (TPSA) is 51.6 Å². The van der Waals surface area contributed by atoms with E-state index in [9.17, 15) is 5.11 Å². The van der Waals surface area contributed by atoms with Crippen LogP contribution in [-0.2, 0) is 6.42 Å². The molecule has 1 N–H and O–H groups in total. The summed E-state index contributed by atoms with van der Waals surface area (Å²) in [5.74, 6) is 1.55. The summed E-state index contributed by atoms with van der Waals surface area (Å²) in [6, 6.07) is 5.84. The Kier molecular flexibility index (Phi) is 3.33. The summed E-state index contributed by atoms with van der Waals surface area (Å²) < 4.78 is 11.4. The van der Waals surface area contributed by atoms with Gasteiger partial charge in [-0.25, -0.2) is 0 Å². The van der Waals surface area contributed by atoms with Crippen LogP contribution in [0.1, 0.15) is 33.3 Å². The Morgan fingerprint density at radius 1 is 1.36 bits per heavy atom. The minimum Gasteiger partial charge on any atom is -0.497 e. The number of aliphatic hydroxyl groups excluding tert-OH is 1. The molecule has 3 rings (SSSR count). The molecule has 2 atom stereocenters. The van der Waals surface area contributed by atoms with Crippen LogP contribution in [0.2, 0.25) is 0 Å². The van der Waals surface area contributed by atoms with Crippen LogP contribution in [0.15, 0.2) is 24.4 Å². The monoisotopic (exact) mass is 301 g/mol. The third-order valence-corrected chi connectivity index (χ3v) is 4.42. The van der Waals surface area contributed by atoms with Gasteiger partial charge < -0.3 is 14.6 Å². The molecule has 2 heterocycles. The van der Waals surface area contributed by atoms with Crippen molar-refractivity contribution in [2.75, 3.05) is 7.11 Å². The standard InChI is InChI=1S/C18H23NO3/c1-17(2,3)16(20)18(4)9-13-12-8-11(21-5)6-7-14(12)19-10-15(13)22-18/h6-8,10,16,20H,9H2,1-5H3/t16-,18-/m0/s1. The molecular formula is C18H23NO3. The number of hydrogen-bond donors (Lipinski definition) is 1. The quantitative estimate of drug-likeness (QED) is 0.924. The fraction of sp³-hybridized carbons (Fsp3) is 0.500. The summed E-state index contributed by atoms with van der Waals surface area (Å²) in [6.45, 7) is 8.03. The summed E-state index contributed by atoms with van der Waals surface area (Å²) in [4.78, 5) is 4.45. The van der Waals surface area contributed by atoms with Gasteiger partial charge in [-0.3, -0.25) is 4.98 Å². The lowest BCUT2D eigenvalue weighted by Crippen LogP contribution is -2.50. The molecule has 22 heavy (non-hydrogen) atoms. The number of methoxy groups -OCH3 is 1. The molecule has 0 fully saturated rings. The Morgan fingerprint density at radius 2 is 2.09 bits per heavy atom. The van der Waals surface area contributed by atoms with Crippen LogP contribution < -0.4 is 9.47 Å². The van der Waals surface area contributed by atoms with E-state index in [1.54, 1.807) is 13.3 Å². The predicted molar refractivity (Wildman–Crippen MR) is 86.5 cm³/mol. The maximum atomic E-state index is 10.7. The second-order valence-corrected chi connectivity index (χ2v) is 7.34. The molecule has 4 nitrogen and oxygen atoms in total. The fourth-order valence-electron chi connectivity index (χ4n) is 3.31. The first-order chi connectivity index (χ1) is 10.2. The van der Waals surface area contributed by atoms with E-state index < -0.39 is 11.7 Å². The van der Waals surface area contributed by atoms with E-state index in [-0.39, 0.29) is 5.41 Å². The summed E-state index contributed by atoms with van der Waals surface area (Å²) in [7, 11) is 1.65. The largest absolute Gasteiger partial charge is 0.497 e. The van der Waals surface area contributed by atoms with E-state index in [1.807, 2.05) is 45.9 Å². The minimum atomic E-state index is -0.639. The van der Waals surface area contributed by atoms with Crippen LogP contribution in [0.3, 0.4) is 0 Å². The highest BCUT2D eigenvalue weighted by Crippen LogP contribution is 2.44. The van der Waals surface area contributed by atoms with Crippen LogP contribution in [0.4, 0.5) is 0 Å². The smallest absolute Gasteiger partial charge is 0.142 e. The minimum absolute atomic E-state index is 0.252. The van der Waals surface area contributed by atoms with E-state index in [2.05, 4.69) is 4.98 Å². The van der Waals surface area contributed by atoms with Crippen LogP contribution in [0.5, 0.6) is 11.5 Å². The summed E-state index contributed by atoms with van der Waals surface area (Å²) in [5, 5.41) is 11.7. The van der Waals surface area contributed by atoms with Crippen molar-refractivity contribution >= 4 is 10.9 Å². The molecule has 0 spiro atoms. The third kappa shape index (κ3) is 2.31. The maximum absolute atomic E-state index is 10.7. The number of ether oxygens (including phenoxy) is 2. The van der Waals surface area contributed by atoms with Crippen molar-refractivity contribution in [2.45, 2.75) is 45.8 Å². The molecule has 1 aromatic carbocycles. The SMILES string of the molecule is COc1ccc2ncc3c(c2c1)C[C@@](C)([C@@H](O)C(C)(C)C)O3. The number of aliphatic hydroxyl groups is 1.